The molecule has 2 rings (SSSR count). The van der Waals surface area contributed by atoms with Gasteiger partial charge in [-0.25, -0.2) is 0 Å². The number of likely N-dealkylation sites (N-methyl/N-ethyl adjacent to an activating group) is 1. The molecule has 1 heterocycles. The summed E-state index contributed by atoms with van der Waals surface area (Å²) in [5.74, 6) is -0.433. The van der Waals surface area contributed by atoms with Crippen molar-refractivity contribution in [3.05, 3.63) is 47.5 Å². The molecule has 1 aliphatic heterocycles. The summed E-state index contributed by atoms with van der Waals surface area (Å²) < 4.78 is 5.45. The second-order valence-electron chi connectivity index (χ2n) is 4.77. The van der Waals surface area contributed by atoms with Gasteiger partial charge < -0.3 is 15.0 Å². The van der Waals surface area contributed by atoms with Gasteiger partial charge in [-0.3, -0.25) is 9.59 Å². The molecule has 1 saturated heterocycles. The Hall–Kier alpha value is -1.85. The highest BCUT2D eigenvalue weighted by atomic mass is 35.5. The van der Waals surface area contributed by atoms with Crippen LogP contribution in [0.5, 0.6) is 0 Å². The molecular weight excluding hydrogens is 292 g/mol. The van der Waals surface area contributed by atoms with Crippen molar-refractivity contribution in [2.45, 2.75) is 12.1 Å². The number of nitrogens with zero attached hydrogens (tertiary/aromatic N) is 1. The minimum Gasteiger partial charge on any atom is -0.356 e. The molecular formula is C15H17ClN2O3. The first-order valence-corrected chi connectivity index (χ1v) is 6.93. The van der Waals surface area contributed by atoms with Crippen molar-refractivity contribution in [3.63, 3.8) is 0 Å². The van der Waals surface area contributed by atoms with E-state index < -0.39 is 12.1 Å². The molecule has 2 amide bonds. The van der Waals surface area contributed by atoms with Crippen LogP contribution >= 0.6 is 11.6 Å². The normalized spacial score (nSPS) is 22.0. The van der Waals surface area contributed by atoms with Gasteiger partial charge in [0.1, 0.15) is 6.61 Å². The van der Waals surface area contributed by atoms with Crippen molar-refractivity contribution in [3.8, 4) is 0 Å². The van der Waals surface area contributed by atoms with E-state index >= 15 is 0 Å². The Balaban J connectivity index is 2.28. The average molecular weight is 309 g/mol. The summed E-state index contributed by atoms with van der Waals surface area (Å²) in [6.07, 6.45) is 0.834. The Morgan fingerprint density at radius 1 is 1.52 bits per heavy atom. The van der Waals surface area contributed by atoms with Gasteiger partial charge in [0.2, 0.25) is 5.91 Å². The van der Waals surface area contributed by atoms with E-state index in [0.29, 0.717) is 11.6 Å². The van der Waals surface area contributed by atoms with Crippen molar-refractivity contribution >= 4 is 23.4 Å². The standard InChI is InChI=1S/C15H17ClN2O3/c1-3-8-17-15(20)14-13(18(2)12(19)9-21-14)10-4-6-11(16)7-5-10/h3-7,13-14H,1,8-9H2,2H3,(H,17,20)/t13-,14+/m1/s1. The summed E-state index contributed by atoms with van der Waals surface area (Å²) in [5.41, 5.74) is 0.800. The maximum Gasteiger partial charge on any atom is 0.251 e. The molecule has 0 aliphatic carbocycles. The zero-order chi connectivity index (χ0) is 15.4. The van der Waals surface area contributed by atoms with Crippen LogP contribution in [0.4, 0.5) is 0 Å². The Labute approximate surface area is 128 Å². The van der Waals surface area contributed by atoms with E-state index in [1.807, 2.05) is 0 Å². The molecule has 0 saturated carbocycles. The number of morpholine rings is 1. The predicted molar refractivity (Wildman–Crippen MR) is 79.9 cm³/mol. The molecule has 0 bridgehead atoms. The summed E-state index contributed by atoms with van der Waals surface area (Å²) >= 11 is 5.88. The summed E-state index contributed by atoms with van der Waals surface area (Å²) in [6.45, 7) is 3.80. The van der Waals surface area contributed by atoms with Crippen molar-refractivity contribution in [1.29, 1.82) is 0 Å². The van der Waals surface area contributed by atoms with Crippen molar-refractivity contribution in [1.82, 2.24) is 10.2 Å². The van der Waals surface area contributed by atoms with Gasteiger partial charge in [0.15, 0.2) is 6.10 Å². The highest BCUT2D eigenvalue weighted by Gasteiger charge is 2.39. The summed E-state index contributed by atoms with van der Waals surface area (Å²) in [7, 11) is 1.66. The number of hydrogen-bond donors (Lipinski definition) is 1. The number of hydrogen-bond acceptors (Lipinski definition) is 3. The van der Waals surface area contributed by atoms with E-state index in [2.05, 4.69) is 11.9 Å². The zero-order valence-electron chi connectivity index (χ0n) is 11.7. The van der Waals surface area contributed by atoms with E-state index in [1.165, 1.54) is 4.90 Å². The van der Waals surface area contributed by atoms with E-state index in [-0.39, 0.29) is 18.4 Å². The number of ether oxygens (including phenoxy) is 1. The number of nitrogens with one attached hydrogen (secondary N) is 1. The van der Waals surface area contributed by atoms with Gasteiger partial charge in [-0.05, 0) is 17.7 Å². The predicted octanol–water partition coefficient (Wildman–Crippen LogP) is 1.54. The maximum absolute atomic E-state index is 12.2. The molecule has 0 radical (unpaired) electrons. The van der Waals surface area contributed by atoms with Crippen LogP contribution in [-0.2, 0) is 14.3 Å². The van der Waals surface area contributed by atoms with Crippen LogP contribution in [0.2, 0.25) is 5.02 Å². The molecule has 0 unspecified atom stereocenters. The van der Waals surface area contributed by atoms with Gasteiger partial charge in [-0.2, -0.15) is 0 Å². The molecule has 1 N–H and O–H groups in total. The van der Waals surface area contributed by atoms with Gasteiger partial charge in [-0.1, -0.05) is 29.8 Å². The SMILES string of the molecule is C=CCNC(=O)[C@H]1OCC(=O)N(C)[C@@H]1c1ccc(Cl)cc1. The molecule has 21 heavy (non-hydrogen) atoms. The zero-order valence-corrected chi connectivity index (χ0v) is 12.5. The van der Waals surface area contributed by atoms with Crippen LogP contribution in [0.25, 0.3) is 0 Å². The molecule has 0 spiro atoms. The van der Waals surface area contributed by atoms with Crippen LogP contribution in [-0.4, -0.2) is 43.0 Å². The van der Waals surface area contributed by atoms with Crippen LogP contribution in [0.3, 0.4) is 0 Å². The fraction of sp³-hybridized carbons (Fsp3) is 0.333. The lowest BCUT2D eigenvalue weighted by Gasteiger charge is -2.38. The Morgan fingerprint density at radius 3 is 2.81 bits per heavy atom. The highest BCUT2D eigenvalue weighted by molar-refractivity contribution is 6.30. The number of amides is 2. The van der Waals surface area contributed by atoms with Crippen LogP contribution in [0.15, 0.2) is 36.9 Å². The molecule has 1 aromatic rings. The van der Waals surface area contributed by atoms with Gasteiger partial charge in [0.25, 0.3) is 5.91 Å². The van der Waals surface area contributed by atoms with E-state index in [1.54, 1.807) is 37.4 Å². The fourth-order valence-corrected chi connectivity index (χ4v) is 2.39. The number of carbonyl (C=O) groups excluding carboxylic acids is 2. The molecule has 2 atom stereocenters. The minimum atomic E-state index is -0.756. The quantitative estimate of drug-likeness (QED) is 0.858. The average Bonchev–Trinajstić information content (AvgIpc) is 2.48. The fourth-order valence-electron chi connectivity index (χ4n) is 2.26. The monoisotopic (exact) mass is 308 g/mol. The number of benzene rings is 1. The first kappa shape index (κ1) is 15.5. The van der Waals surface area contributed by atoms with E-state index in [0.717, 1.165) is 5.56 Å². The molecule has 112 valence electrons. The Bertz CT molecular complexity index is 544. The number of halogens is 1. The summed E-state index contributed by atoms with van der Waals surface area (Å²) in [5, 5.41) is 3.30. The second kappa shape index (κ2) is 6.74. The minimum absolute atomic E-state index is 0.104. The summed E-state index contributed by atoms with van der Waals surface area (Å²) in [6, 6.07) is 6.55. The molecule has 1 aliphatic rings. The van der Waals surface area contributed by atoms with Gasteiger partial charge in [0.05, 0.1) is 6.04 Å². The van der Waals surface area contributed by atoms with E-state index in [4.69, 9.17) is 16.3 Å². The van der Waals surface area contributed by atoms with Gasteiger partial charge in [0, 0.05) is 18.6 Å². The lowest BCUT2D eigenvalue weighted by Crippen LogP contribution is -2.53. The van der Waals surface area contributed by atoms with Crippen molar-refractivity contribution in [2.75, 3.05) is 20.2 Å². The van der Waals surface area contributed by atoms with Crippen LogP contribution < -0.4 is 5.32 Å². The second-order valence-corrected chi connectivity index (χ2v) is 5.20. The smallest absolute Gasteiger partial charge is 0.251 e. The third-order valence-electron chi connectivity index (χ3n) is 3.37. The molecule has 5 nitrogen and oxygen atoms in total. The molecule has 6 heteroatoms. The van der Waals surface area contributed by atoms with Crippen molar-refractivity contribution in [2.24, 2.45) is 0 Å². The topological polar surface area (TPSA) is 58.6 Å². The Kier molecular flexibility index (Phi) is 4.98. The van der Waals surface area contributed by atoms with E-state index in [9.17, 15) is 9.59 Å². The molecule has 0 aromatic heterocycles. The van der Waals surface area contributed by atoms with Crippen molar-refractivity contribution < 1.29 is 14.3 Å². The van der Waals surface area contributed by atoms with Crippen LogP contribution in [0, 0.1) is 0 Å². The Morgan fingerprint density at radius 2 is 2.19 bits per heavy atom. The van der Waals surface area contributed by atoms with Crippen LogP contribution in [0.1, 0.15) is 11.6 Å². The third-order valence-corrected chi connectivity index (χ3v) is 3.63. The summed E-state index contributed by atoms with van der Waals surface area (Å²) in [4.78, 5) is 25.6. The lowest BCUT2D eigenvalue weighted by atomic mass is 9.97. The third kappa shape index (κ3) is 3.43. The number of carbonyl (C=O) groups is 2. The highest BCUT2D eigenvalue weighted by Crippen LogP contribution is 2.29. The molecule has 1 aromatic carbocycles. The first-order chi connectivity index (χ1) is 10.0. The van der Waals surface area contributed by atoms with Gasteiger partial charge in [-0.15, -0.1) is 6.58 Å². The molecule has 1 fully saturated rings. The lowest BCUT2D eigenvalue weighted by molar-refractivity contribution is -0.162. The number of rotatable bonds is 4. The largest absolute Gasteiger partial charge is 0.356 e. The first-order valence-electron chi connectivity index (χ1n) is 6.56. The maximum atomic E-state index is 12.2. The van der Waals surface area contributed by atoms with Gasteiger partial charge >= 0.3 is 0 Å².